The molecule has 1 atom stereocenters. The first-order chi connectivity index (χ1) is 12.2. The number of piperazine rings is 1. The zero-order chi connectivity index (χ0) is 17.2. The van der Waals surface area contributed by atoms with E-state index in [2.05, 4.69) is 84.7 Å². The number of benzene rings is 3. The molecule has 2 heteroatoms. The van der Waals surface area contributed by atoms with Crippen molar-refractivity contribution in [1.82, 2.24) is 10.2 Å². The summed E-state index contributed by atoms with van der Waals surface area (Å²) >= 11 is 0. The number of nitrogens with one attached hydrogen (secondary N) is 1. The number of rotatable bonds is 3. The molecule has 2 nitrogen and oxygen atoms in total. The van der Waals surface area contributed by atoms with Crippen molar-refractivity contribution >= 4 is 10.8 Å². The highest BCUT2D eigenvalue weighted by Crippen LogP contribution is 2.33. The number of fused-ring (bicyclic) bond motifs is 1. The SMILES string of the molecule is Cc1ccc(C(c2ccc3ccccc3c2)N2CCNCC2)c(C)c1. The first-order valence-corrected chi connectivity index (χ1v) is 9.23. The Kier molecular flexibility index (Phi) is 4.56. The van der Waals surface area contributed by atoms with E-state index in [1.165, 1.54) is 33.0 Å². The zero-order valence-corrected chi connectivity index (χ0v) is 15.1. The second-order valence-electron chi connectivity index (χ2n) is 7.16. The molecular formula is C23H26N2. The molecule has 0 bridgehead atoms. The lowest BCUT2D eigenvalue weighted by Gasteiger charge is -2.36. The van der Waals surface area contributed by atoms with E-state index < -0.39 is 0 Å². The maximum Gasteiger partial charge on any atom is 0.0605 e. The van der Waals surface area contributed by atoms with E-state index in [1.54, 1.807) is 0 Å². The fourth-order valence-corrected chi connectivity index (χ4v) is 4.04. The maximum absolute atomic E-state index is 3.48. The average Bonchev–Trinajstić information content (AvgIpc) is 2.64. The molecule has 1 fully saturated rings. The van der Waals surface area contributed by atoms with Gasteiger partial charge in [0.2, 0.25) is 0 Å². The summed E-state index contributed by atoms with van der Waals surface area (Å²) in [6.07, 6.45) is 0. The van der Waals surface area contributed by atoms with Gasteiger partial charge in [0.1, 0.15) is 0 Å². The topological polar surface area (TPSA) is 15.3 Å². The van der Waals surface area contributed by atoms with Crippen LogP contribution in [-0.4, -0.2) is 31.1 Å². The minimum Gasteiger partial charge on any atom is -0.314 e. The lowest BCUT2D eigenvalue weighted by molar-refractivity contribution is 0.198. The first kappa shape index (κ1) is 16.3. The van der Waals surface area contributed by atoms with Crippen LogP contribution in [0.3, 0.4) is 0 Å². The molecule has 0 aliphatic carbocycles. The summed E-state index contributed by atoms with van der Waals surface area (Å²) in [5, 5.41) is 6.12. The monoisotopic (exact) mass is 330 g/mol. The normalized spacial score (nSPS) is 16.9. The Balaban J connectivity index is 1.83. The van der Waals surface area contributed by atoms with E-state index in [0.717, 1.165) is 26.2 Å². The molecule has 25 heavy (non-hydrogen) atoms. The second kappa shape index (κ2) is 6.99. The van der Waals surface area contributed by atoms with E-state index >= 15 is 0 Å². The fourth-order valence-electron chi connectivity index (χ4n) is 4.04. The molecule has 0 radical (unpaired) electrons. The summed E-state index contributed by atoms with van der Waals surface area (Å²) in [5.41, 5.74) is 5.55. The minimum atomic E-state index is 0.326. The summed E-state index contributed by atoms with van der Waals surface area (Å²) in [4.78, 5) is 2.62. The average molecular weight is 330 g/mol. The van der Waals surface area contributed by atoms with Gasteiger partial charge in [-0.1, -0.05) is 60.2 Å². The highest BCUT2D eigenvalue weighted by Gasteiger charge is 2.25. The Bertz CT molecular complexity index is 878. The molecule has 1 heterocycles. The predicted octanol–water partition coefficient (Wildman–Crippen LogP) is 4.45. The number of hydrogen-bond donors (Lipinski definition) is 1. The number of aryl methyl sites for hydroxylation is 2. The lowest BCUT2D eigenvalue weighted by atomic mass is 9.91. The summed E-state index contributed by atoms with van der Waals surface area (Å²) < 4.78 is 0. The van der Waals surface area contributed by atoms with Crippen molar-refractivity contribution in [2.24, 2.45) is 0 Å². The van der Waals surface area contributed by atoms with Crippen LogP contribution < -0.4 is 5.32 Å². The Hall–Kier alpha value is -2.16. The summed E-state index contributed by atoms with van der Waals surface area (Å²) in [6.45, 7) is 8.73. The fraction of sp³-hybridized carbons (Fsp3) is 0.304. The Morgan fingerprint density at radius 1 is 0.840 bits per heavy atom. The van der Waals surface area contributed by atoms with Crippen molar-refractivity contribution < 1.29 is 0 Å². The molecule has 3 aromatic carbocycles. The molecule has 3 aromatic rings. The molecule has 4 rings (SSSR count). The van der Waals surface area contributed by atoms with Crippen LogP contribution in [0, 0.1) is 13.8 Å². The van der Waals surface area contributed by atoms with E-state index in [4.69, 9.17) is 0 Å². The van der Waals surface area contributed by atoms with E-state index in [-0.39, 0.29) is 0 Å². The largest absolute Gasteiger partial charge is 0.314 e. The van der Waals surface area contributed by atoms with Crippen molar-refractivity contribution in [2.45, 2.75) is 19.9 Å². The third-order valence-corrected chi connectivity index (χ3v) is 5.33. The van der Waals surface area contributed by atoms with Crippen molar-refractivity contribution in [3.8, 4) is 0 Å². The van der Waals surface area contributed by atoms with Crippen LogP contribution in [0.2, 0.25) is 0 Å². The van der Waals surface area contributed by atoms with Gasteiger partial charge in [-0.05, 0) is 47.4 Å². The number of hydrogen-bond acceptors (Lipinski definition) is 2. The molecule has 1 saturated heterocycles. The van der Waals surface area contributed by atoms with Gasteiger partial charge in [-0.2, -0.15) is 0 Å². The maximum atomic E-state index is 3.48. The molecular weight excluding hydrogens is 304 g/mol. The van der Waals surface area contributed by atoms with Crippen molar-refractivity contribution in [1.29, 1.82) is 0 Å². The molecule has 1 N–H and O–H groups in total. The standard InChI is InChI=1S/C23H26N2/c1-17-7-10-22(18(2)15-17)23(25-13-11-24-12-14-25)21-9-8-19-5-3-4-6-20(19)16-21/h3-10,15-16,23-24H,11-14H2,1-2H3. The van der Waals surface area contributed by atoms with Crippen molar-refractivity contribution in [3.63, 3.8) is 0 Å². The van der Waals surface area contributed by atoms with Crippen LogP contribution in [-0.2, 0) is 0 Å². The van der Waals surface area contributed by atoms with Gasteiger partial charge in [-0.3, -0.25) is 4.90 Å². The molecule has 1 unspecified atom stereocenters. The van der Waals surface area contributed by atoms with Crippen LogP contribution in [0.5, 0.6) is 0 Å². The van der Waals surface area contributed by atoms with E-state index in [1.807, 2.05) is 0 Å². The molecule has 0 spiro atoms. The van der Waals surface area contributed by atoms with Crippen LogP contribution in [0.4, 0.5) is 0 Å². The highest BCUT2D eigenvalue weighted by atomic mass is 15.2. The van der Waals surface area contributed by atoms with E-state index in [0.29, 0.717) is 6.04 Å². The summed E-state index contributed by atoms with van der Waals surface area (Å²) in [6, 6.07) is 22.8. The van der Waals surface area contributed by atoms with Gasteiger partial charge >= 0.3 is 0 Å². The Morgan fingerprint density at radius 2 is 1.60 bits per heavy atom. The summed E-state index contributed by atoms with van der Waals surface area (Å²) in [5.74, 6) is 0. The molecule has 128 valence electrons. The molecule has 0 saturated carbocycles. The van der Waals surface area contributed by atoms with Gasteiger partial charge in [0.15, 0.2) is 0 Å². The zero-order valence-electron chi connectivity index (χ0n) is 15.1. The second-order valence-corrected chi connectivity index (χ2v) is 7.16. The van der Waals surface area contributed by atoms with Gasteiger partial charge in [0.25, 0.3) is 0 Å². The van der Waals surface area contributed by atoms with Crippen molar-refractivity contribution in [3.05, 3.63) is 82.9 Å². The highest BCUT2D eigenvalue weighted by molar-refractivity contribution is 5.83. The first-order valence-electron chi connectivity index (χ1n) is 9.23. The Labute approximate surface area is 150 Å². The van der Waals surface area contributed by atoms with Crippen LogP contribution in [0.25, 0.3) is 10.8 Å². The lowest BCUT2D eigenvalue weighted by Crippen LogP contribution is -2.45. The smallest absolute Gasteiger partial charge is 0.0605 e. The third-order valence-electron chi connectivity index (χ3n) is 5.33. The van der Waals surface area contributed by atoms with Gasteiger partial charge in [0.05, 0.1) is 6.04 Å². The molecule has 1 aliphatic heterocycles. The quantitative estimate of drug-likeness (QED) is 0.763. The molecule has 1 aliphatic rings. The predicted molar refractivity (Wildman–Crippen MR) is 106 cm³/mol. The Morgan fingerprint density at radius 3 is 2.36 bits per heavy atom. The number of nitrogens with zero attached hydrogens (tertiary/aromatic N) is 1. The third kappa shape index (κ3) is 3.33. The van der Waals surface area contributed by atoms with Crippen LogP contribution in [0.1, 0.15) is 28.3 Å². The van der Waals surface area contributed by atoms with Crippen LogP contribution in [0.15, 0.2) is 60.7 Å². The van der Waals surface area contributed by atoms with Crippen LogP contribution >= 0.6 is 0 Å². The van der Waals surface area contributed by atoms with E-state index in [9.17, 15) is 0 Å². The summed E-state index contributed by atoms with van der Waals surface area (Å²) in [7, 11) is 0. The minimum absolute atomic E-state index is 0.326. The molecule has 0 amide bonds. The van der Waals surface area contributed by atoms with Gasteiger partial charge in [0, 0.05) is 26.2 Å². The molecule has 0 aromatic heterocycles. The van der Waals surface area contributed by atoms with Gasteiger partial charge in [-0.15, -0.1) is 0 Å². The van der Waals surface area contributed by atoms with Gasteiger partial charge in [-0.25, -0.2) is 0 Å². The van der Waals surface area contributed by atoms with Gasteiger partial charge < -0.3 is 5.32 Å². The van der Waals surface area contributed by atoms with Crippen molar-refractivity contribution in [2.75, 3.05) is 26.2 Å².